The van der Waals surface area contributed by atoms with Crippen LogP contribution in [0.3, 0.4) is 0 Å². The third-order valence-electron chi connectivity index (χ3n) is 4.61. The van der Waals surface area contributed by atoms with Crippen LogP contribution in [0.2, 0.25) is 0 Å². The first-order valence-corrected chi connectivity index (χ1v) is 10.1. The third-order valence-corrected chi connectivity index (χ3v) is 5.54. The Labute approximate surface area is 176 Å². The van der Waals surface area contributed by atoms with E-state index in [0.29, 0.717) is 22.2 Å². The lowest BCUT2D eigenvalue weighted by Crippen LogP contribution is -2.22. The number of rotatable bonds is 6. The number of carbonyl (C=O) groups excluding carboxylic acids is 1. The summed E-state index contributed by atoms with van der Waals surface area (Å²) in [5, 5.41) is 8.07. The van der Waals surface area contributed by atoms with Crippen LogP contribution in [0.25, 0.3) is 21.3 Å². The second-order valence-electron chi connectivity index (χ2n) is 6.60. The Morgan fingerprint density at radius 1 is 1.10 bits per heavy atom. The van der Waals surface area contributed by atoms with E-state index < -0.39 is 5.97 Å². The number of para-hydroxylation sites is 1. The summed E-state index contributed by atoms with van der Waals surface area (Å²) < 4.78 is 12.0. The predicted octanol–water partition coefficient (Wildman–Crippen LogP) is 3.35. The number of thiazole rings is 1. The van der Waals surface area contributed by atoms with Crippen molar-refractivity contribution >= 4 is 28.1 Å². The SMILES string of the molecule is COc1ccccc1-c1nc(COC(=O)Cc2nn(C)c(=O)c3ccccc23)cs1. The Morgan fingerprint density at radius 2 is 1.83 bits per heavy atom. The predicted molar refractivity (Wildman–Crippen MR) is 115 cm³/mol. The molecule has 0 unspecified atom stereocenters. The Balaban J connectivity index is 1.47. The van der Waals surface area contributed by atoms with Gasteiger partial charge in [-0.25, -0.2) is 9.67 Å². The van der Waals surface area contributed by atoms with Gasteiger partial charge in [-0.05, 0) is 18.2 Å². The van der Waals surface area contributed by atoms with Gasteiger partial charge in [-0.3, -0.25) is 9.59 Å². The Morgan fingerprint density at radius 3 is 2.63 bits per heavy atom. The minimum absolute atomic E-state index is 0.0296. The summed E-state index contributed by atoms with van der Waals surface area (Å²) in [4.78, 5) is 29.2. The van der Waals surface area contributed by atoms with Gasteiger partial charge in [0.1, 0.15) is 17.4 Å². The highest BCUT2D eigenvalue weighted by Gasteiger charge is 2.15. The molecule has 2 aromatic carbocycles. The summed E-state index contributed by atoms with van der Waals surface area (Å²) >= 11 is 1.46. The van der Waals surface area contributed by atoms with Crippen molar-refractivity contribution in [2.75, 3.05) is 7.11 Å². The number of esters is 1. The molecule has 0 aliphatic heterocycles. The topological polar surface area (TPSA) is 83.3 Å². The van der Waals surface area contributed by atoms with Crippen molar-refractivity contribution in [2.45, 2.75) is 13.0 Å². The van der Waals surface area contributed by atoms with Crippen molar-refractivity contribution in [1.29, 1.82) is 0 Å². The minimum atomic E-state index is -0.432. The number of aryl methyl sites for hydroxylation is 1. The van der Waals surface area contributed by atoms with Crippen molar-refractivity contribution < 1.29 is 14.3 Å². The average Bonchev–Trinajstić information content (AvgIpc) is 3.25. The van der Waals surface area contributed by atoms with Crippen LogP contribution in [0.15, 0.2) is 58.7 Å². The highest BCUT2D eigenvalue weighted by atomic mass is 32.1. The van der Waals surface area contributed by atoms with Crippen LogP contribution in [-0.4, -0.2) is 27.8 Å². The number of ether oxygens (including phenoxy) is 2. The molecule has 4 aromatic rings. The van der Waals surface area contributed by atoms with Crippen LogP contribution in [0.4, 0.5) is 0 Å². The summed E-state index contributed by atoms with van der Waals surface area (Å²) in [6.07, 6.45) is -0.0296. The quantitative estimate of drug-likeness (QED) is 0.444. The maximum absolute atomic E-state index is 12.4. The molecule has 0 atom stereocenters. The smallest absolute Gasteiger partial charge is 0.312 e. The van der Waals surface area contributed by atoms with Crippen LogP contribution < -0.4 is 10.3 Å². The van der Waals surface area contributed by atoms with E-state index in [1.54, 1.807) is 32.4 Å². The van der Waals surface area contributed by atoms with Crippen LogP contribution in [0.5, 0.6) is 5.75 Å². The lowest BCUT2D eigenvalue weighted by Gasteiger charge is -2.08. The molecule has 0 aliphatic carbocycles. The first-order chi connectivity index (χ1) is 14.6. The molecule has 152 valence electrons. The van der Waals surface area contributed by atoms with Crippen LogP contribution >= 0.6 is 11.3 Å². The second kappa shape index (κ2) is 8.46. The number of carbonyl (C=O) groups is 1. The third kappa shape index (κ3) is 3.95. The van der Waals surface area contributed by atoms with Gasteiger partial charge in [0, 0.05) is 17.8 Å². The molecule has 0 aliphatic rings. The summed E-state index contributed by atoms with van der Waals surface area (Å²) in [7, 11) is 3.19. The van der Waals surface area contributed by atoms with Crippen molar-refractivity contribution in [3.05, 3.63) is 75.7 Å². The van der Waals surface area contributed by atoms with Crippen molar-refractivity contribution in [2.24, 2.45) is 7.05 Å². The molecule has 4 rings (SSSR count). The van der Waals surface area contributed by atoms with Gasteiger partial charge < -0.3 is 9.47 Å². The number of aromatic nitrogens is 3. The molecule has 0 fully saturated rings. The maximum Gasteiger partial charge on any atom is 0.312 e. The molecule has 0 amide bonds. The maximum atomic E-state index is 12.4. The molecule has 7 nitrogen and oxygen atoms in total. The Kier molecular flexibility index (Phi) is 5.58. The summed E-state index contributed by atoms with van der Waals surface area (Å²) in [6.45, 7) is 0.0637. The zero-order valence-corrected chi connectivity index (χ0v) is 17.3. The van der Waals surface area contributed by atoms with Gasteiger partial charge in [0.25, 0.3) is 5.56 Å². The summed E-state index contributed by atoms with van der Waals surface area (Å²) in [5.74, 6) is 0.307. The molecule has 8 heteroatoms. The Hall–Kier alpha value is -3.52. The zero-order chi connectivity index (χ0) is 21.1. The highest BCUT2D eigenvalue weighted by Crippen LogP contribution is 2.32. The molecule has 30 heavy (non-hydrogen) atoms. The first-order valence-electron chi connectivity index (χ1n) is 9.25. The van der Waals surface area contributed by atoms with Gasteiger partial charge in [0.05, 0.1) is 35.9 Å². The molecule has 0 spiro atoms. The lowest BCUT2D eigenvalue weighted by atomic mass is 10.1. The van der Waals surface area contributed by atoms with Crippen LogP contribution in [0, 0.1) is 0 Å². The molecule has 0 radical (unpaired) electrons. The highest BCUT2D eigenvalue weighted by molar-refractivity contribution is 7.13. The van der Waals surface area contributed by atoms with Gasteiger partial charge >= 0.3 is 5.97 Å². The monoisotopic (exact) mass is 421 g/mol. The Bertz CT molecular complexity index is 1280. The molecule has 2 aromatic heterocycles. The van der Waals surface area contributed by atoms with Gasteiger partial charge in [0.2, 0.25) is 0 Å². The molecular weight excluding hydrogens is 402 g/mol. The van der Waals surface area contributed by atoms with Crippen molar-refractivity contribution in [3.63, 3.8) is 0 Å². The lowest BCUT2D eigenvalue weighted by molar-refractivity contribution is -0.144. The molecule has 0 N–H and O–H groups in total. The standard InChI is InChI=1S/C22H19N3O4S/c1-25-22(27)16-8-4-3-7-15(16)18(24-25)11-20(26)29-12-14-13-30-21(23-14)17-9-5-6-10-19(17)28-2/h3-10,13H,11-12H2,1-2H3. The van der Waals surface area contributed by atoms with E-state index in [9.17, 15) is 9.59 Å². The zero-order valence-electron chi connectivity index (χ0n) is 16.5. The fourth-order valence-electron chi connectivity index (χ4n) is 3.17. The number of methoxy groups -OCH3 is 1. The van der Waals surface area contributed by atoms with E-state index in [0.717, 1.165) is 16.3 Å². The van der Waals surface area contributed by atoms with E-state index in [-0.39, 0.29) is 18.6 Å². The minimum Gasteiger partial charge on any atom is -0.496 e. The van der Waals surface area contributed by atoms with Crippen molar-refractivity contribution in [3.8, 4) is 16.3 Å². The average molecular weight is 421 g/mol. The fraction of sp³-hybridized carbons (Fsp3) is 0.182. The van der Waals surface area contributed by atoms with E-state index in [1.165, 1.54) is 16.0 Å². The molecular formula is C22H19N3O4S. The summed E-state index contributed by atoms with van der Waals surface area (Å²) in [5.41, 5.74) is 1.86. The van der Waals surface area contributed by atoms with E-state index in [1.807, 2.05) is 35.7 Å². The van der Waals surface area contributed by atoms with Gasteiger partial charge in [0.15, 0.2) is 0 Å². The molecule has 0 bridgehead atoms. The van der Waals surface area contributed by atoms with E-state index >= 15 is 0 Å². The first kappa shape index (κ1) is 19.8. The normalized spacial score (nSPS) is 10.9. The number of hydrogen-bond acceptors (Lipinski definition) is 7. The van der Waals surface area contributed by atoms with E-state index in [2.05, 4.69) is 10.1 Å². The molecule has 0 saturated carbocycles. The number of benzene rings is 2. The van der Waals surface area contributed by atoms with E-state index in [4.69, 9.17) is 9.47 Å². The molecule has 2 heterocycles. The van der Waals surface area contributed by atoms with Crippen LogP contribution in [-0.2, 0) is 29.6 Å². The number of hydrogen-bond donors (Lipinski definition) is 0. The summed E-state index contributed by atoms with van der Waals surface area (Å²) in [6, 6.07) is 14.7. The van der Waals surface area contributed by atoms with Crippen LogP contribution in [0.1, 0.15) is 11.4 Å². The molecule has 0 saturated heterocycles. The largest absolute Gasteiger partial charge is 0.496 e. The van der Waals surface area contributed by atoms with Gasteiger partial charge in [-0.1, -0.05) is 30.3 Å². The fourth-order valence-corrected chi connectivity index (χ4v) is 4.00. The number of nitrogens with zero attached hydrogens (tertiary/aromatic N) is 3. The van der Waals surface area contributed by atoms with Gasteiger partial charge in [-0.2, -0.15) is 5.10 Å². The number of fused-ring (bicyclic) bond motifs is 1. The van der Waals surface area contributed by atoms with Crippen molar-refractivity contribution in [1.82, 2.24) is 14.8 Å². The van der Waals surface area contributed by atoms with Gasteiger partial charge in [-0.15, -0.1) is 11.3 Å². The second-order valence-corrected chi connectivity index (χ2v) is 7.46.